The number of carbonyl (C=O) groups excluding carboxylic acids is 1. The van der Waals surface area contributed by atoms with Crippen LogP contribution in [0.2, 0.25) is 0 Å². The number of nitrogens with zero attached hydrogens (tertiary/aromatic N) is 3. The van der Waals surface area contributed by atoms with E-state index in [1.165, 1.54) is 11.3 Å². The number of benzene rings is 2. The van der Waals surface area contributed by atoms with Gasteiger partial charge >= 0.3 is 0 Å². The number of amides is 1. The molecule has 7 nitrogen and oxygen atoms in total. The summed E-state index contributed by atoms with van der Waals surface area (Å²) in [7, 11) is 0. The van der Waals surface area contributed by atoms with Gasteiger partial charge in [0.1, 0.15) is 21.6 Å². The summed E-state index contributed by atoms with van der Waals surface area (Å²) in [6.07, 6.45) is 0. The lowest BCUT2D eigenvalue weighted by molar-refractivity contribution is 0.103. The molecule has 0 spiro atoms. The molecule has 0 bridgehead atoms. The van der Waals surface area contributed by atoms with E-state index in [1.807, 2.05) is 37.4 Å². The van der Waals surface area contributed by atoms with E-state index in [2.05, 4.69) is 45.6 Å². The van der Waals surface area contributed by atoms with E-state index >= 15 is 0 Å². The van der Waals surface area contributed by atoms with Crippen LogP contribution in [0.25, 0.3) is 32.2 Å². The van der Waals surface area contributed by atoms with E-state index < -0.39 is 0 Å². The van der Waals surface area contributed by atoms with E-state index in [0.717, 1.165) is 33.4 Å². The summed E-state index contributed by atoms with van der Waals surface area (Å²) in [4.78, 5) is 22.9. The van der Waals surface area contributed by atoms with Gasteiger partial charge in [-0.1, -0.05) is 50.2 Å². The van der Waals surface area contributed by atoms with Crippen molar-refractivity contribution in [3.8, 4) is 17.3 Å². The zero-order valence-corrected chi connectivity index (χ0v) is 20.1. The number of hydrogen-bond donors (Lipinski definition) is 3. The van der Waals surface area contributed by atoms with Crippen LogP contribution >= 0.6 is 22.7 Å². The van der Waals surface area contributed by atoms with E-state index in [-0.39, 0.29) is 17.6 Å². The summed E-state index contributed by atoms with van der Waals surface area (Å²) >= 11 is 2.50. The molecule has 168 valence electrons. The normalized spacial score (nSPS) is 11.2. The minimum atomic E-state index is -0.369. The highest BCUT2D eigenvalue weighted by molar-refractivity contribution is 7.21. The molecule has 9 heteroatoms. The fourth-order valence-electron chi connectivity index (χ4n) is 4.03. The first-order valence-electron chi connectivity index (χ1n) is 10.5. The largest absolute Gasteiger partial charge is 0.397 e. The first kappa shape index (κ1) is 21.8. The van der Waals surface area contributed by atoms with Crippen molar-refractivity contribution in [3.05, 3.63) is 63.8 Å². The number of pyridine rings is 1. The quantitative estimate of drug-likeness (QED) is 0.287. The average molecular weight is 485 g/mol. The Kier molecular flexibility index (Phi) is 5.40. The number of thiophene rings is 1. The number of aromatic nitrogens is 2. The van der Waals surface area contributed by atoms with Crippen LogP contribution in [0, 0.1) is 11.3 Å². The molecular weight excluding hydrogens is 464 g/mol. The van der Waals surface area contributed by atoms with Gasteiger partial charge in [0.2, 0.25) is 0 Å². The lowest BCUT2D eigenvalue weighted by atomic mass is 9.95. The van der Waals surface area contributed by atoms with Gasteiger partial charge < -0.3 is 11.5 Å². The molecule has 0 saturated carbocycles. The van der Waals surface area contributed by atoms with Crippen molar-refractivity contribution in [3.63, 3.8) is 0 Å². The Labute approximate surface area is 203 Å². The molecule has 0 aliphatic carbocycles. The number of rotatable bonds is 4. The number of nitrogen functional groups attached to an aromatic ring is 2. The molecule has 5 aromatic rings. The van der Waals surface area contributed by atoms with Crippen molar-refractivity contribution >= 4 is 66.2 Å². The topological polar surface area (TPSA) is 131 Å². The molecule has 34 heavy (non-hydrogen) atoms. The van der Waals surface area contributed by atoms with Gasteiger partial charge in [-0.3, -0.25) is 10.1 Å². The summed E-state index contributed by atoms with van der Waals surface area (Å²) in [5, 5.41) is 17.7. The van der Waals surface area contributed by atoms with Gasteiger partial charge in [-0.15, -0.1) is 22.7 Å². The van der Waals surface area contributed by atoms with Gasteiger partial charge in [-0.05, 0) is 28.3 Å². The van der Waals surface area contributed by atoms with E-state index in [9.17, 15) is 10.1 Å². The highest BCUT2D eigenvalue weighted by Gasteiger charge is 2.25. The van der Waals surface area contributed by atoms with Crippen LogP contribution in [0.5, 0.6) is 0 Å². The zero-order chi connectivity index (χ0) is 24.0. The second-order valence-electron chi connectivity index (χ2n) is 8.13. The van der Waals surface area contributed by atoms with E-state index in [4.69, 9.17) is 11.5 Å². The predicted octanol–water partition coefficient (Wildman–Crippen LogP) is 5.98. The fraction of sp³-hybridized carbons (Fsp3) is 0.120. The minimum absolute atomic E-state index is 0.0151. The molecule has 3 aromatic heterocycles. The molecule has 0 aliphatic heterocycles. The maximum Gasteiger partial charge on any atom is 0.269 e. The molecule has 5 rings (SSSR count). The Hall–Kier alpha value is -4.00. The summed E-state index contributed by atoms with van der Waals surface area (Å²) in [6.45, 7) is 3.91. The fourth-order valence-corrected chi connectivity index (χ4v) is 5.76. The second kappa shape index (κ2) is 8.41. The third-order valence-corrected chi connectivity index (χ3v) is 7.46. The number of nitrogens with two attached hydrogens (primary N) is 2. The average Bonchev–Trinajstić information content (AvgIpc) is 3.42. The first-order chi connectivity index (χ1) is 16.4. The molecule has 0 aliphatic rings. The highest BCUT2D eigenvalue weighted by Crippen LogP contribution is 2.41. The van der Waals surface area contributed by atoms with Crippen LogP contribution in [0.15, 0.2) is 47.8 Å². The number of carbonyl (C=O) groups is 1. The third-order valence-electron chi connectivity index (χ3n) is 5.61. The van der Waals surface area contributed by atoms with Gasteiger partial charge in [0.15, 0.2) is 5.13 Å². The van der Waals surface area contributed by atoms with Crippen LogP contribution in [0.3, 0.4) is 0 Å². The standard InChI is InChI=1S/C25H20N6OS2/c1-12(2)18-16(10-26)22(28)30-24-19(18)20(27)21(34-24)23(32)31-25-29-17(11-33-25)15-8-7-13-5-3-4-6-14(13)9-15/h3-9,11-12H,27H2,1-2H3,(H2,28,30)(H,29,31,32). The molecule has 0 radical (unpaired) electrons. The van der Waals surface area contributed by atoms with Crippen molar-refractivity contribution in [2.45, 2.75) is 19.8 Å². The lowest BCUT2D eigenvalue weighted by Crippen LogP contribution is -2.12. The highest BCUT2D eigenvalue weighted by atomic mass is 32.1. The van der Waals surface area contributed by atoms with Crippen LogP contribution in [0.4, 0.5) is 16.6 Å². The van der Waals surface area contributed by atoms with E-state index in [0.29, 0.717) is 37.0 Å². The molecule has 0 saturated heterocycles. The Morgan fingerprint density at radius 2 is 1.88 bits per heavy atom. The number of nitrogens with one attached hydrogen (secondary N) is 1. The number of fused-ring (bicyclic) bond motifs is 2. The summed E-state index contributed by atoms with van der Waals surface area (Å²) in [5.41, 5.74) is 15.5. The molecule has 0 fully saturated rings. The Balaban J connectivity index is 1.47. The predicted molar refractivity (Wildman–Crippen MR) is 140 cm³/mol. The Morgan fingerprint density at radius 3 is 2.62 bits per heavy atom. The summed E-state index contributed by atoms with van der Waals surface area (Å²) < 4.78 is 0. The summed E-state index contributed by atoms with van der Waals surface area (Å²) in [5.74, 6) is -0.239. The van der Waals surface area contributed by atoms with Gasteiger partial charge in [0.05, 0.1) is 16.9 Å². The van der Waals surface area contributed by atoms with Crippen LogP contribution in [-0.4, -0.2) is 15.9 Å². The van der Waals surface area contributed by atoms with Crippen molar-refractivity contribution in [1.82, 2.24) is 9.97 Å². The monoisotopic (exact) mass is 484 g/mol. The van der Waals surface area contributed by atoms with Gasteiger partial charge in [-0.25, -0.2) is 9.97 Å². The molecule has 3 heterocycles. The maximum atomic E-state index is 13.1. The molecule has 0 atom stereocenters. The number of hydrogen-bond acceptors (Lipinski definition) is 8. The number of nitriles is 1. The first-order valence-corrected chi connectivity index (χ1v) is 12.2. The number of thiazole rings is 1. The molecular formula is C25H20N6OS2. The van der Waals surface area contributed by atoms with Crippen molar-refractivity contribution in [2.75, 3.05) is 16.8 Å². The number of anilines is 3. The van der Waals surface area contributed by atoms with Gasteiger partial charge in [-0.2, -0.15) is 5.26 Å². The van der Waals surface area contributed by atoms with Crippen LogP contribution in [0.1, 0.15) is 40.6 Å². The van der Waals surface area contributed by atoms with Crippen LogP contribution in [-0.2, 0) is 0 Å². The Bertz CT molecular complexity index is 1630. The molecule has 1 amide bonds. The van der Waals surface area contributed by atoms with Crippen molar-refractivity contribution < 1.29 is 4.79 Å². The van der Waals surface area contributed by atoms with Gasteiger partial charge in [0, 0.05) is 16.3 Å². The van der Waals surface area contributed by atoms with Gasteiger partial charge in [0.25, 0.3) is 5.91 Å². The maximum absolute atomic E-state index is 13.1. The van der Waals surface area contributed by atoms with Crippen molar-refractivity contribution in [1.29, 1.82) is 5.26 Å². The van der Waals surface area contributed by atoms with Crippen molar-refractivity contribution in [2.24, 2.45) is 0 Å². The second-order valence-corrected chi connectivity index (χ2v) is 9.99. The minimum Gasteiger partial charge on any atom is -0.397 e. The van der Waals surface area contributed by atoms with E-state index in [1.54, 1.807) is 0 Å². The third kappa shape index (κ3) is 3.63. The SMILES string of the molecule is CC(C)c1c(C#N)c(N)nc2sc(C(=O)Nc3nc(-c4ccc5ccccc5c4)cs3)c(N)c12. The smallest absolute Gasteiger partial charge is 0.269 e. The Morgan fingerprint density at radius 1 is 1.12 bits per heavy atom. The van der Waals surface area contributed by atoms with Crippen LogP contribution < -0.4 is 16.8 Å². The molecule has 5 N–H and O–H groups in total. The zero-order valence-electron chi connectivity index (χ0n) is 18.4. The molecule has 2 aromatic carbocycles. The molecule has 0 unspecified atom stereocenters. The summed E-state index contributed by atoms with van der Waals surface area (Å²) in [6, 6.07) is 16.4. The lowest BCUT2D eigenvalue weighted by Gasteiger charge is -2.12.